The van der Waals surface area contributed by atoms with E-state index in [9.17, 15) is 10.1 Å². The van der Waals surface area contributed by atoms with Crippen LogP contribution in [0.4, 0.5) is 0 Å². The lowest BCUT2D eigenvalue weighted by Gasteiger charge is -2.23. The number of carbonyl (C=O) groups is 1. The van der Waals surface area contributed by atoms with E-state index in [1.54, 1.807) is 0 Å². The number of carbonyl (C=O) groups excluding carboxylic acids is 1. The Labute approximate surface area is 152 Å². The van der Waals surface area contributed by atoms with Gasteiger partial charge in [0.25, 0.3) is 5.91 Å². The number of hydrogen-bond acceptors (Lipinski definition) is 2. The van der Waals surface area contributed by atoms with Crippen molar-refractivity contribution in [2.45, 2.75) is 70.9 Å². The molecule has 1 aromatic carbocycles. The summed E-state index contributed by atoms with van der Waals surface area (Å²) in [6.45, 7) is 9.11. The second-order valence-corrected chi connectivity index (χ2v) is 7.98. The van der Waals surface area contributed by atoms with Crippen LogP contribution in [0.15, 0.2) is 24.3 Å². The van der Waals surface area contributed by atoms with Gasteiger partial charge in [-0.15, -0.1) is 0 Å². The minimum Gasteiger partial charge on any atom is -0.333 e. The molecule has 1 atom stereocenters. The molecule has 0 aliphatic heterocycles. The van der Waals surface area contributed by atoms with Gasteiger partial charge in [-0.1, -0.05) is 52.0 Å². The summed E-state index contributed by atoms with van der Waals surface area (Å²) in [5, 5.41) is 14.5. The number of nitriles is 1. The fraction of sp³-hybridized carbons (Fsp3) is 0.619. The van der Waals surface area contributed by atoms with Crippen LogP contribution in [-0.4, -0.2) is 18.0 Å². The molecule has 136 valence electrons. The first-order valence-electron chi connectivity index (χ1n) is 9.52. The maximum Gasteiger partial charge on any atom is 0.276 e. The van der Waals surface area contributed by atoms with Gasteiger partial charge < -0.3 is 10.6 Å². The Balaban J connectivity index is 1.97. The lowest BCUT2D eigenvalue weighted by molar-refractivity contribution is -0.692. The van der Waals surface area contributed by atoms with Crippen molar-refractivity contribution < 1.29 is 10.1 Å². The quantitative estimate of drug-likeness (QED) is 0.799. The molecule has 4 heteroatoms. The standard InChI is InChI=1S/C21H31N3O/c1-15(2)17-7-9-18(10-8-17)20(16(3)4)23-13-19(25)24-21(14-22)11-5-6-12-21/h7-10,15-16,20,23H,5-6,11-13H2,1-4H3,(H,24,25)/p+1/t20-/m0/s1. The summed E-state index contributed by atoms with van der Waals surface area (Å²) in [5.41, 5.74) is 1.96. The lowest BCUT2D eigenvalue weighted by atomic mass is 9.93. The smallest absolute Gasteiger partial charge is 0.276 e. The molecule has 0 saturated heterocycles. The van der Waals surface area contributed by atoms with Crippen molar-refractivity contribution >= 4 is 5.91 Å². The van der Waals surface area contributed by atoms with E-state index >= 15 is 0 Å². The number of quaternary nitrogens is 1. The van der Waals surface area contributed by atoms with Gasteiger partial charge in [0.15, 0.2) is 6.54 Å². The zero-order chi connectivity index (χ0) is 18.4. The summed E-state index contributed by atoms with van der Waals surface area (Å²) in [6, 6.07) is 11.3. The van der Waals surface area contributed by atoms with Crippen molar-refractivity contribution in [1.82, 2.24) is 5.32 Å². The number of nitrogens with one attached hydrogen (secondary N) is 1. The molecule has 25 heavy (non-hydrogen) atoms. The van der Waals surface area contributed by atoms with E-state index in [2.05, 4.69) is 68.7 Å². The van der Waals surface area contributed by atoms with E-state index in [0.29, 0.717) is 18.4 Å². The maximum absolute atomic E-state index is 12.4. The van der Waals surface area contributed by atoms with Gasteiger partial charge in [-0.2, -0.15) is 5.26 Å². The van der Waals surface area contributed by atoms with E-state index in [0.717, 1.165) is 25.7 Å². The Bertz CT molecular complexity index is 607. The predicted molar refractivity (Wildman–Crippen MR) is 99.9 cm³/mol. The minimum absolute atomic E-state index is 0.0344. The minimum atomic E-state index is -0.628. The predicted octanol–water partition coefficient (Wildman–Crippen LogP) is 3.02. The van der Waals surface area contributed by atoms with Gasteiger partial charge in [0.1, 0.15) is 11.6 Å². The molecule has 0 bridgehead atoms. The zero-order valence-electron chi connectivity index (χ0n) is 16.0. The highest BCUT2D eigenvalue weighted by molar-refractivity contribution is 5.78. The van der Waals surface area contributed by atoms with Crippen LogP contribution < -0.4 is 10.6 Å². The molecule has 1 amide bonds. The van der Waals surface area contributed by atoms with Gasteiger partial charge in [-0.05, 0) is 37.2 Å². The van der Waals surface area contributed by atoms with Crippen LogP contribution in [0, 0.1) is 17.2 Å². The molecule has 2 rings (SSSR count). The number of nitrogens with two attached hydrogens (primary N) is 1. The fourth-order valence-corrected chi connectivity index (χ4v) is 3.69. The molecule has 0 spiro atoms. The lowest BCUT2D eigenvalue weighted by Crippen LogP contribution is -2.88. The third kappa shape index (κ3) is 5.06. The van der Waals surface area contributed by atoms with Crippen LogP contribution in [0.1, 0.15) is 76.5 Å². The van der Waals surface area contributed by atoms with Gasteiger partial charge in [-0.25, -0.2) is 0 Å². The monoisotopic (exact) mass is 342 g/mol. The molecule has 1 aliphatic rings. The molecule has 4 nitrogen and oxygen atoms in total. The van der Waals surface area contributed by atoms with Crippen LogP contribution in [0.2, 0.25) is 0 Å². The van der Waals surface area contributed by atoms with Crippen molar-refractivity contribution in [3.8, 4) is 6.07 Å². The van der Waals surface area contributed by atoms with Gasteiger partial charge in [0.05, 0.1) is 6.07 Å². The van der Waals surface area contributed by atoms with Crippen LogP contribution in [0.3, 0.4) is 0 Å². The Morgan fingerprint density at radius 2 is 1.72 bits per heavy atom. The van der Waals surface area contributed by atoms with Crippen molar-refractivity contribution in [3.05, 3.63) is 35.4 Å². The maximum atomic E-state index is 12.4. The Hall–Kier alpha value is -1.86. The van der Waals surface area contributed by atoms with Crippen LogP contribution in [-0.2, 0) is 4.79 Å². The number of hydrogen-bond donors (Lipinski definition) is 2. The SMILES string of the molecule is CC(C)c1ccc([C@@H]([NH2+]CC(=O)NC2(C#N)CCCC2)C(C)C)cc1. The number of rotatable bonds is 7. The largest absolute Gasteiger partial charge is 0.333 e. The third-order valence-electron chi connectivity index (χ3n) is 5.31. The van der Waals surface area contributed by atoms with Crippen molar-refractivity contribution in [3.63, 3.8) is 0 Å². The summed E-state index contributed by atoms with van der Waals surface area (Å²) in [7, 11) is 0. The van der Waals surface area contributed by atoms with E-state index in [1.807, 2.05) is 0 Å². The molecule has 0 unspecified atom stereocenters. The summed E-state index contributed by atoms with van der Waals surface area (Å²) in [6.07, 6.45) is 3.60. The number of nitrogens with zero attached hydrogens (tertiary/aromatic N) is 1. The first-order valence-corrected chi connectivity index (χ1v) is 9.52. The molecule has 1 aromatic rings. The van der Waals surface area contributed by atoms with E-state index in [-0.39, 0.29) is 11.9 Å². The normalized spacial score (nSPS) is 17.5. The second kappa shape index (κ2) is 8.49. The van der Waals surface area contributed by atoms with Crippen molar-refractivity contribution in [2.75, 3.05) is 6.54 Å². The Morgan fingerprint density at radius 1 is 1.16 bits per heavy atom. The highest BCUT2D eigenvalue weighted by Gasteiger charge is 2.35. The van der Waals surface area contributed by atoms with Crippen LogP contribution in [0.5, 0.6) is 0 Å². The summed E-state index contributed by atoms with van der Waals surface area (Å²) >= 11 is 0. The second-order valence-electron chi connectivity index (χ2n) is 7.98. The average Bonchev–Trinajstić information content (AvgIpc) is 3.04. The molecular weight excluding hydrogens is 310 g/mol. The fourth-order valence-electron chi connectivity index (χ4n) is 3.69. The highest BCUT2D eigenvalue weighted by Crippen LogP contribution is 2.28. The van der Waals surface area contributed by atoms with Gasteiger partial charge >= 0.3 is 0 Å². The van der Waals surface area contributed by atoms with Gasteiger partial charge in [0.2, 0.25) is 0 Å². The zero-order valence-corrected chi connectivity index (χ0v) is 16.0. The summed E-state index contributed by atoms with van der Waals surface area (Å²) in [5.74, 6) is 0.914. The van der Waals surface area contributed by atoms with Crippen molar-refractivity contribution in [2.24, 2.45) is 5.92 Å². The summed E-state index contributed by atoms with van der Waals surface area (Å²) in [4.78, 5) is 12.4. The van der Waals surface area contributed by atoms with E-state index in [4.69, 9.17) is 0 Å². The van der Waals surface area contributed by atoms with Crippen molar-refractivity contribution in [1.29, 1.82) is 5.26 Å². The van der Waals surface area contributed by atoms with E-state index < -0.39 is 5.54 Å². The molecule has 1 fully saturated rings. The van der Waals surface area contributed by atoms with E-state index in [1.165, 1.54) is 11.1 Å². The molecule has 0 radical (unpaired) electrons. The first-order chi connectivity index (χ1) is 11.9. The Kier molecular flexibility index (Phi) is 6.61. The van der Waals surface area contributed by atoms with Gasteiger partial charge in [0, 0.05) is 11.5 Å². The molecule has 0 aromatic heterocycles. The number of benzene rings is 1. The highest BCUT2D eigenvalue weighted by atomic mass is 16.2. The molecule has 0 heterocycles. The number of amides is 1. The molecule has 3 N–H and O–H groups in total. The topological polar surface area (TPSA) is 69.5 Å². The third-order valence-corrected chi connectivity index (χ3v) is 5.31. The molecular formula is C21H32N3O+. The Morgan fingerprint density at radius 3 is 2.20 bits per heavy atom. The molecule has 1 aliphatic carbocycles. The van der Waals surface area contributed by atoms with Crippen LogP contribution >= 0.6 is 0 Å². The van der Waals surface area contributed by atoms with Crippen LogP contribution in [0.25, 0.3) is 0 Å². The summed E-state index contributed by atoms with van der Waals surface area (Å²) < 4.78 is 0. The molecule has 1 saturated carbocycles. The van der Waals surface area contributed by atoms with Gasteiger partial charge in [-0.3, -0.25) is 4.79 Å². The average molecular weight is 343 g/mol. The first kappa shape index (κ1) is 19.5.